The molecule has 0 bridgehead atoms. The molecule has 2 rings (SSSR count). The molecule has 4 nitrogen and oxygen atoms in total. The van der Waals surface area contributed by atoms with E-state index in [4.69, 9.17) is 5.73 Å². The average Bonchev–Trinajstić information content (AvgIpc) is 2.46. The maximum Gasteiger partial charge on any atom is 0.241 e. The summed E-state index contributed by atoms with van der Waals surface area (Å²) < 4.78 is 0. The molecule has 1 unspecified atom stereocenters. The maximum atomic E-state index is 12.2. The lowest BCUT2D eigenvalue weighted by Crippen LogP contribution is -2.54. The molecule has 1 atom stereocenters. The predicted molar refractivity (Wildman–Crippen MR) is 78.3 cm³/mol. The summed E-state index contributed by atoms with van der Waals surface area (Å²) in [7, 11) is 0. The van der Waals surface area contributed by atoms with Gasteiger partial charge in [-0.05, 0) is 31.0 Å². The van der Waals surface area contributed by atoms with E-state index in [9.17, 15) is 4.79 Å². The van der Waals surface area contributed by atoms with Crippen LogP contribution in [0, 0.1) is 0 Å². The standard InChI is InChI=1S/C15H23N3O/c1-3-13-4-6-14(7-5-13)18-9-8-17(11-15(18)19)12(2)10-16/h4-7,12H,3,8-11,16H2,1-2H3. The molecule has 1 fully saturated rings. The fraction of sp³-hybridized carbons (Fsp3) is 0.533. The van der Waals surface area contributed by atoms with Crippen LogP contribution < -0.4 is 10.6 Å². The molecule has 1 heterocycles. The molecule has 1 aromatic rings. The van der Waals surface area contributed by atoms with Gasteiger partial charge in [-0.2, -0.15) is 0 Å². The van der Waals surface area contributed by atoms with Crippen molar-refractivity contribution in [3.63, 3.8) is 0 Å². The summed E-state index contributed by atoms with van der Waals surface area (Å²) in [5.74, 6) is 0.163. The normalized spacial score (nSPS) is 18.7. The summed E-state index contributed by atoms with van der Waals surface area (Å²) in [6.45, 7) is 6.90. The Morgan fingerprint density at radius 2 is 1.95 bits per heavy atom. The third kappa shape index (κ3) is 3.14. The number of benzene rings is 1. The maximum absolute atomic E-state index is 12.2. The van der Waals surface area contributed by atoms with Gasteiger partial charge in [-0.1, -0.05) is 19.1 Å². The topological polar surface area (TPSA) is 49.6 Å². The Balaban J connectivity index is 2.04. The van der Waals surface area contributed by atoms with E-state index in [1.54, 1.807) is 0 Å². The van der Waals surface area contributed by atoms with Gasteiger partial charge in [0.1, 0.15) is 0 Å². The summed E-state index contributed by atoms with van der Waals surface area (Å²) in [4.78, 5) is 16.2. The molecule has 0 saturated carbocycles. The molecular formula is C15H23N3O. The zero-order valence-electron chi connectivity index (χ0n) is 11.8. The fourth-order valence-electron chi connectivity index (χ4n) is 2.40. The Kier molecular flexibility index (Phi) is 4.56. The molecule has 0 spiro atoms. The van der Waals surface area contributed by atoms with Crippen LogP contribution >= 0.6 is 0 Å². The van der Waals surface area contributed by atoms with E-state index in [0.717, 1.165) is 25.2 Å². The molecule has 0 aromatic heterocycles. The number of carbonyl (C=O) groups excluding carboxylic acids is 1. The molecule has 4 heteroatoms. The van der Waals surface area contributed by atoms with Gasteiger partial charge in [0.25, 0.3) is 0 Å². The first-order valence-corrected chi connectivity index (χ1v) is 6.99. The van der Waals surface area contributed by atoms with Crippen LogP contribution in [0.1, 0.15) is 19.4 Å². The molecular weight excluding hydrogens is 238 g/mol. The number of nitrogens with two attached hydrogens (primary N) is 1. The van der Waals surface area contributed by atoms with Crippen molar-refractivity contribution in [2.75, 3.05) is 31.1 Å². The van der Waals surface area contributed by atoms with Gasteiger partial charge in [-0.25, -0.2) is 0 Å². The Morgan fingerprint density at radius 1 is 1.26 bits per heavy atom. The van der Waals surface area contributed by atoms with Crippen LogP contribution in [-0.4, -0.2) is 43.0 Å². The molecule has 1 aromatic carbocycles. The largest absolute Gasteiger partial charge is 0.329 e. The first kappa shape index (κ1) is 14.0. The quantitative estimate of drug-likeness (QED) is 0.887. The van der Waals surface area contributed by atoms with E-state index >= 15 is 0 Å². The minimum atomic E-state index is 0.163. The molecule has 104 valence electrons. The van der Waals surface area contributed by atoms with E-state index in [0.29, 0.717) is 13.1 Å². The summed E-state index contributed by atoms with van der Waals surface area (Å²) >= 11 is 0. The number of hydrogen-bond acceptors (Lipinski definition) is 3. The van der Waals surface area contributed by atoms with Crippen molar-refractivity contribution >= 4 is 11.6 Å². The number of nitrogens with zero attached hydrogens (tertiary/aromatic N) is 2. The van der Waals surface area contributed by atoms with Gasteiger partial charge in [0.2, 0.25) is 5.91 Å². The van der Waals surface area contributed by atoms with Crippen molar-refractivity contribution < 1.29 is 4.79 Å². The third-order valence-corrected chi connectivity index (χ3v) is 3.87. The molecule has 19 heavy (non-hydrogen) atoms. The van der Waals surface area contributed by atoms with Gasteiger partial charge in [0, 0.05) is 31.4 Å². The second kappa shape index (κ2) is 6.17. The summed E-state index contributed by atoms with van der Waals surface area (Å²) in [6, 6.07) is 8.54. The van der Waals surface area contributed by atoms with Crippen LogP contribution in [-0.2, 0) is 11.2 Å². The van der Waals surface area contributed by atoms with Crippen LogP contribution in [0.5, 0.6) is 0 Å². The minimum absolute atomic E-state index is 0.163. The Labute approximate surface area is 115 Å². The van der Waals surface area contributed by atoms with Gasteiger partial charge in [0.05, 0.1) is 6.54 Å². The smallest absolute Gasteiger partial charge is 0.241 e. The van der Waals surface area contributed by atoms with Crippen molar-refractivity contribution in [3.8, 4) is 0 Å². The van der Waals surface area contributed by atoms with Gasteiger partial charge in [0.15, 0.2) is 0 Å². The van der Waals surface area contributed by atoms with Crippen LogP contribution in [0.2, 0.25) is 0 Å². The Morgan fingerprint density at radius 3 is 2.47 bits per heavy atom. The van der Waals surface area contributed by atoms with E-state index in [-0.39, 0.29) is 11.9 Å². The Bertz CT molecular complexity index is 430. The summed E-state index contributed by atoms with van der Waals surface area (Å²) in [5.41, 5.74) is 7.96. The number of hydrogen-bond donors (Lipinski definition) is 1. The predicted octanol–water partition coefficient (Wildman–Crippen LogP) is 1.24. The van der Waals surface area contributed by atoms with Gasteiger partial charge in [-0.15, -0.1) is 0 Å². The van der Waals surface area contributed by atoms with Crippen molar-refractivity contribution in [1.82, 2.24) is 4.90 Å². The number of piperazine rings is 1. The lowest BCUT2D eigenvalue weighted by Gasteiger charge is -2.37. The van der Waals surface area contributed by atoms with E-state index in [1.807, 2.05) is 17.0 Å². The Hall–Kier alpha value is -1.39. The zero-order valence-corrected chi connectivity index (χ0v) is 11.8. The number of carbonyl (C=O) groups is 1. The average molecular weight is 261 g/mol. The number of aryl methyl sites for hydroxylation is 1. The molecule has 1 aliphatic heterocycles. The van der Waals surface area contributed by atoms with E-state index in [2.05, 4.69) is 30.9 Å². The monoisotopic (exact) mass is 261 g/mol. The van der Waals surface area contributed by atoms with Gasteiger partial charge in [-0.3, -0.25) is 9.69 Å². The highest BCUT2D eigenvalue weighted by molar-refractivity contribution is 5.95. The number of anilines is 1. The number of amides is 1. The lowest BCUT2D eigenvalue weighted by molar-refractivity contribution is -0.121. The van der Waals surface area contributed by atoms with Crippen LogP contribution in [0.15, 0.2) is 24.3 Å². The summed E-state index contributed by atoms with van der Waals surface area (Å²) in [6.07, 6.45) is 1.02. The van der Waals surface area contributed by atoms with Crippen LogP contribution in [0.4, 0.5) is 5.69 Å². The van der Waals surface area contributed by atoms with Crippen molar-refractivity contribution in [2.24, 2.45) is 5.73 Å². The molecule has 2 N–H and O–H groups in total. The van der Waals surface area contributed by atoms with Crippen molar-refractivity contribution in [2.45, 2.75) is 26.3 Å². The lowest BCUT2D eigenvalue weighted by atomic mass is 10.1. The first-order chi connectivity index (χ1) is 9.15. The molecule has 1 saturated heterocycles. The van der Waals surface area contributed by atoms with Crippen molar-refractivity contribution in [3.05, 3.63) is 29.8 Å². The van der Waals surface area contributed by atoms with Crippen LogP contribution in [0.25, 0.3) is 0 Å². The van der Waals surface area contributed by atoms with Gasteiger partial charge < -0.3 is 10.6 Å². The van der Waals surface area contributed by atoms with E-state index < -0.39 is 0 Å². The highest BCUT2D eigenvalue weighted by Crippen LogP contribution is 2.19. The molecule has 0 radical (unpaired) electrons. The second-order valence-corrected chi connectivity index (χ2v) is 5.12. The molecule has 1 amide bonds. The first-order valence-electron chi connectivity index (χ1n) is 6.99. The zero-order chi connectivity index (χ0) is 13.8. The van der Waals surface area contributed by atoms with Crippen molar-refractivity contribution in [1.29, 1.82) is 0 Å². The van der Waals surface area contributed by atoms with E-state index in [1.165, 1.54) is 5.56 Å². The highest BCUT2D eigenvalue weighted by Gasteiger charge is 2.27. The molecule has 1 aliphatic rings. The fourth-order valence-corrected chi connectivity index (χ4v) is 2.40. The third-order valence-electron chi connectivity index (χ3n) is 3.87. The SMILES string of the molecule is CCc1ccc(N2CCN(C(C)CN)CC2=O)cc1. The molecule has 0 aliphatic carbocycles. The van der Waals surface area contributed by atoms with Gasteiger partial charge >= 0.3 is 0 Å². The highest BCUT2D eigenvalue weighted by atomic mass is 16.2. The minimum Gasteiger partial charge on any atom is -0.329 e. The van der Waals surface area contributed by atoms with Crippen LogP contribution in [0.3, 0.4) is 0 Å². The number of rotatable bonds is 4. The second-order valence-electron chi connectivity index (χ2n) is 5.12. The summed E-state index contributed by atoms with van der Waals surface area (Å²) in [5, 5.41) is 0.